The van der Waals surface area contributed by atoms with Crippen LogP contribution in [0.25, 0.3) is 0 Å². The summed E-state index contributed by atoms with van der Waals surface area (Å²) in [6.07, 6.45) is 0. The fourth-order valence-corrected chi connectivity index (χ4v) is 6.26. The third-order valence-electron chi connectivity index (χ3n) is 7.60. The van der Waals surface area contributed by atoms with Crippen LogP contribution in [0.4, 0.5) is 0 Å². The molecule has 4 heteroatoms. The van der Waals surface area contributed by atoms with Crippen LogP contribution in [0.1, 0.15) is 46.6 Å². The van der Waals surface area contributed by atoms with Crippen molar-refractivity contribution >= 4 is 11.8 Å². The Balaban J connectivity index is 1.48. The normalized spacial score (nSPS) is 27.7. The average Bonchev–Trinajstić information content (AvgIpc) is 3.00. The van der Waals surface area contributed by atoms with Crippen LogP contribution in [-0.4, -0.2) is 23.8 Å². The molecule has 2 atom stereocenters. The molecule has 1 fully saturated rings. The quantitative estimate of drug-likeness (QED) is 0.600. The van der Waals surface area contributed by atoms with E-state index in [-0.39, 0.29) is 29.6 Å². The molecule has 2 amide bonds. The molecule has 2 bridgehead atoms. The summed E-state index contributed by atoms with van der Waals surface area (Å²) in [5.74, 6) is 0.0898. The third kappa shape index (κ3) is 2.25. The third-order valence-corrected chi connectivity index (χ3v) is 7.60. The Kier molecular flexibility index (Phi) is 3.73. The minimum atomic E-state index is -0.767. The van der Waals surface area contributed by atoms with Crippen molar-refractivity contribution in [2.75, 3.05) is 7.11 Å². The second-order valence-electron chi connectivity index (χ2n) is 9.01. The van der Waals surface area contributed by atoms with Gasteiger partial charge in [-0.05, 0) is 46.9 Å². The zero-order chi connectivity index (χ0) is 21.3. The van der Waals surface area contributed by atoms with Gasteiger partial charge in [-0.1, -0.05) is 60.7 Å². The van der Waals surface area contributed by atoms with Crippen LogP contribution in [0.5, 0.6) is 5.75 Å². The fraction of sp³-hybridized carbons (Fsp3) is 0.259. The van der Waals surface area contributed by atoms with E-state index in [9.17, 15) is 9.59 Å². The minimum Gasteiger partial charge on any atom is -0.497 e. The van der Waals surface area contributed by atoms with Gasteiger partial charge in [0.1, 0.15) is 5.75 Å². The standard InChI is InChI=1S/C27H23NO3/c1-27-23-20-9-5-3-7-18(20)22(19-8-4-6-10-21(19)23)24(27)25(29)28(26(27)30)15-16-11-13-17(31-2)14-12-16/h3-14,22-24H,15H2,1-2H3/t22?,23?,24-,27-/m0/s1. The van der Waals surface area contributed by atoms with E-state index in [1.54, 1.807) is 7.11 Å². The number of nitrogens with zero attached hydrogens (tertiary/aromatic N) is 1. The molecular formula is C27H23NO3. The predicted molar refractivity (Wildman–Crippen MR) is 117 cm³/mol. The van der Waals surface area contributed by atoms with E-state index in [1.165, 1.54) is 27.2 Å². The highest BCUT2D eigenvalue weighted by molar-refractivity contribution is 6.09. The van der Waals surface area contributed by atoms with E-state index >= 15 is 0 Å². The van der Waals surface area contributed by atoms with E-state index in [0.717, 1.165) is 11.3 Å². The van der Waals surface area contributed by atoms with E-state index in [0.29, 0.717) is 6.54 Å². The molecule has 4 nitrogen and oxygen atoms in total. The number of amides is 2. The van der Waals surface area contributed by atoms with Gasteiger partial charge in [0.05, 0.1) is 25.0 Å². The highest BCUT2D eigenvalue weighted by Gasteiger charge is 2.68. The van der Waals surface area contributed by atoms with Gasteiger partial charge in [-0.2, -0.15) is 0 Å². The Morgan fingerprint density at radius 3 is 1.94 bits per heavy atom. The maximum atomic E-state index is 13.9. The van der Waals surface area contributed by atoms with Crippen LogP contribution in [0.15, 0.2) is 72.8 Å². The van der Waals surface area contributed by atoms with Crippen molar-refractivity contribution in [3.8, 4) is 5.75 Å². The summed E-state index contributed by atoms with van der Waals surface area (Å²) in [4.78, 5) is 29.2. The van der Waals surface area contributed by atoms with Gasteiger partial charge in [0, 0.05) is 11.8 Å². The molecule has 3 aromatic rings. The molecule has 0 spiro atoms. The number of hydrogen-bond acceptors (Lipinski definition) is 3. The average molecular weight is 409 g/mol. The van der Waals surface area contributed by atoms with Crippen molar-refractivity contribution < 1.29 is 14.3 Å². The van der Waals surface area contributed by atoms with Crippen LogP contribution < -0.4 is 4.74 Å². The van der Waals surface area contributed by atoms with E-state index in [4.69, 9.17) is 4.74 Å². The Hall–Kier alpha value is -3.40. The van der Waals surface area contributed by atoms with Crippen LogP contribution in [0, 0.1) is 11.3 Å². The number of hydrogen-bond donors (Lipinski definition) is 0. The number of carbonyl (C=O) groups excluding carboxylic acids is 2. The number of carbonyl (C=O) groups is 2. The van der Waals surface area contributed by atoms with Crippen LogP contribution >= 0.6 is 0 Å². The molecule has 0 saturated carbocycles. The summed E-state index contributed by atoms with van der Waals surface area (Å²) in [7, 11) is 1.62. The Bertz CT molecular complexity index is 1180. The van der Waals surface area contributed by atoms with Crippen LogP contribution in [0.2, 0.25) is 0 Å². The molecule has 1 aliphatic heterocycles. The van der Waals surface area contributed by atoms with Gasteiger partial charge in [0.2, 0.25) is 11.8 Å². The lowest BCUT2D eigenvalue weighted by Gasteiger charge is -2.51. The number of imide groups is 1. The first kappa shape index (κ1) is 18.4. The van der Waals surface area contributed by atoms with Gasteiger partial charge in [-0.15, -0.1) is 0 Å². The highest BCUT2D eigenvalue weighted by atomic mass is 16.5. The van der Waals surface area contributed by atoms with Crippen molar-refractivity contribution in [1.82, 2.24) is 4.90 Å². The summed E-state index contributed by atoms with van der Waals surface area (Å²) in [6.45, 7) is 2.30. The fourth-order valence-electron chi connectivity index (χ4n) is 6.26. The molecule has 0 N–H and O–H groups in total. The lowest BCUT2D eigenvalue weighted by atomic mass is 9.48. The zero-order valence-electron chi connectivity index (χ0n) is 17.5. The molecule has 7 rings (SSSR count). The first-order chi connectivity index (χ1) is 15.1. The largest absolute Gasteiger partial charge is 0.497 e. The molecule has 31 heavy (non-hydrogen) atoms. The first-order valence-electron chi connectivity index (χ1n) is 10.7. The minimum absolute atomic E-state index is 0.0534. The zero-order valence-corrected chi connectivity index (χ0v) is 17.5. The molecular weight excluding hydrogens is 386 g/mol. The molecule has 0 aromatic heterocycles. The molecule has 3 aliphatic carbocycles. The molecule has 0 radical (unpaired) electrons. The van der Waals surface area contributed by atoms with Gasteiger partial charge >= 0.3 is 0 Å². The lowest BCUT2D eigenvalue weighted by molar-refractivity contribution is -0.142. The molecule has 154 valence electrons. The molecule has 0 unspecified atom stereocenters. The van der Waals surface area contributed by atoms with E-state index < -0.39 is 5.41 Å². The topological polar surface area (TPSA) is 46.6 Å². The van der Waals surface area contributed by atoms with Crippen LogP contribution in [0.3, 0.4) is 0 Å². The first-order valence-corrected chi connectivity index (χ1v) is 10.7. The Labute approximate surface area is 181 Å². The van der Waals surface area contributed by atoms with Crippen LogP contribution in [-0.2, 0) is 16.1 Å². The monoisotopic (exact) mass is 409 g/mol. The van der Waals surface area contributed by atoms with Gasteiger partial charge in [-0.25, -0.2) is 0 Å². The van der Waals surface area contributed by atoms with Gasteiger partial charge in [0.15, 0.2) is 0 Å². The summed E-state index contributed by atoms with van der Waals surface area (Å²) in [5, 5.41) is 0. The number of likely N-dealkylation sites (tertiary alicyclic amines) is 1. The van der Waals surface area contributed by atoms with Gasteiger partial charge in [0.25, 0.3) is 0 Å². The van der Waals surface area contributed by atoms with Crippen molar-refractivity contribution in [3.63, 3.8) is 0 Å². The molecule has 1 saturated heterocycles. The summed E-state index contributed by atoms with van der Waals surface area (Å²) < 4.78 is 5.24. The smallest absolute Gasteiger partial charge is 0.237 e. The lowest BCUT2D eigenvalue weighted by Crippen LogP contribution is -2.49. The summed E-state index contributed by atoms with van der Waals surface area (Å²) in [6, 6.07) is 24.2. The highest BCUT2D eigenvalue weighted by Crippen LogP contribution is 2.66. The second kappa shape index (κ2) is 6.30. The number of methoxy groups -OCH3 is 1. The summed E-state index contributed by atoms with van der Waals surface area (Å²) >= 11 is 0. The Morgan fingerprint density at radius 1 is 0.839 bits per heavy atom. The Morgan fingerprint density at radius 2 is 1.39 bits per heavy atom. The molecule has 3 aromatic carbocycles. The molecule has 4 aliphatic rings. The number of benzene rings is 3. The van der Waals surface area contributed by atoms with Crippen molar-refractivity contribution in [1.29, 1.82) is 0 Å². The summed E-state index contributed by atoms with van der Waals surface area (Å²) in [5.41, 5.74) is 4.93. The molecule has 1 heterocycles. The number of rotatable bonds is 3. The second-order valence-corrected chi connectivity index (χ2v) is 9.01. The van der Waals surface area contributed by atoms with E-state index in [2.05, 4.69) is 24.3 Å². The van der Waals surface area contributed by atoms with Crippen molar-refractivity contribution in [2.24, 2.45) is 11.3 Å². The SMILES string of the molecule is COc1ccc(CN2C(=O)[C@@H]3C4c5ccccc5C(c5ccccc54)[C@]3(C)C2=O)cc1. The van der Waals surface area contributed by atoms with Crippen molar-refractivity contribution in [2.45, 2.75) is 25.3 Å². The number of ether oxygens (including phenoxy) is 1. The van der Waals surface area contributed by atoms with E-state index in [1.807, 2.05) is 55.5 Å². The maximum Gasteiger partial charge on any atom is 0.237 e. The van der Waals surface area contributed by atoms with Crippen molar-refractivity contribution in [3.05, 3.63) is 101 Å². The maximum absolute atomic E-state index is 13.9. The van der Waals surface area contributed by atoms with Gasteiger partial charge < -0.3 is 4.74 Å². The van der Waals surface area contributed by atoms with Gasteiger partial charge in [-0.3, -0.25) is 14.5 Å². The predicted octanol–water partition coefficient (Wildman–Crippen LogP) is 4.48.